The zero-order valence-corrected chi connectivity index (χ0v) is 8.83. The van der Waals surface area contributed by atoms with Crippen LogP contribution in [0.25, 0.3) is 10.9 Å². The minimum Gasteiger partial charge on any atom is -0.508 e. The predicted octanol–water partition coefficient (Wildman–Crippen LogP) is 1.99. The van der Waals surface area contributed by atoms with Crippen LogP contribution in [0.5, 0.6) is 5.75 Å². The van der Waals surface area contributed by atoms with E-state index in [-0.39, 0.29) is 5.75 Å². The van der Waals surface area contributed by atoms with E-state index in [1.165, 1.54) is 0 Å². The number of nitrogens with zero attached hydrogens (tertiary/aromatic N) is 1. The van der Waals surface area contributed by atoms with Gasteiger partial charge in [0.05, 0.1) is 0 Å². The topological polar surface area (TPSA) is 84.3 Å². The number of hydrogen-bond acceptors (Lipinski definition) is 4. The van der Waals surface area contributed by atoms with Crippen molar-refractivity contribution in [2.75, 3.05) is 13.2 Å². The van der Waals surface area contributed by atoms with Crippen molar-refractivity contribution in [1.29, 1.82) is 5.53 Å². The van der Waals surface area contributed by atoms with E-state index in [0.717, 1.165) is 29.4 Å². The summed E-state index contributed by atoms with van der Waals surface area (Å²) in [4.78, 5) is 3.16. The first-order valence-corrected chi connectivity index (χ1v) is 5.14. The van der Waals surface area contributed by atoms with Crippen molar-refractivity contribution in [2.45, 2.75) is 6.42 Å². The Hall–Kier alpha value is -1.88. The van der Waals surface area contributed by atoms with Crippen LogP contribution in [0.15, 0.2) is 29.5 Å². The molecule has 0 aliphatic heterocycles. The number of aromatic amines is 1. The number of fused-ring (bicyclic) bond motifs is 1. The average molecular weight is 218 g/mol. The molecule has 1 heterocycles. The van der Waals surface area contributed by atoms with Crippen LogP contribution in [-0.4, -0.2) is 23.3 Å². The Morgan fingerprint density at radius 3 is 3.12 bits per heavy atom. The number of H-pyrrole nitrogens is 1. The van der Waals surface area contributed by atoms with E-state index in [0.29, 0.717) is 6.67 Å². The number of aromatic hydroxyl groups is 1. The molecule has 0 saturated heterocycles. The summed E-state index contributed by atoms with van der Waals surface area (Å²) >= 11 is 0. The number of aromatic nitrogens is 1. The molecule has 0 unspecified atom stereocenters. The van der Waals surface area contributed by atoms with Crippen LogP contribution >= 0.6 is 0 Å². The summed E-state index contributed by atoms with van der Waals surface area (Å²) in [7, 11) is 0. The second kappa shape index (κ2) is 4.76. The molecule has 0 aliphatic rings. The lowest BCUT2D eigenvalue weighted by atomic mass is 10.1. The molecule has 2 rings (SSSR count). The van der Waals surface area contributed by atoms with Gasteiger partial charge in [-0.15, -0.1) is 0 Å². The molecule has 0 fully saturated rings. The lowest BCUT2D eigenvalue weighted by Gasteiger charge is -2.00. The average Bonchev–Trinajstić information content (AvgIpc) is 2.67. The van der Waals surface area contributed by atoms with Crippen molar-refractivity contribution >= 4 is 10.9 Å². The van der Waals surface area contributed by atoms with E-state index < -0.39 is 0 Å². The summed E-state index contributed by atoms with van der Waals surface area (Å²) in [5, 5.41) is 16.7. The second-order valence-electron chi connectivity index (χ2n) is 3.61. The van der Waals surface area contributed by atoms with E-state index in [1.54, 1.807) is 12.1 Å². The Balaban J connectivity index is 2.11. The Labute approximate surface area is 93.0 Å². The zero-order chi connectivity index (χ0) is 11.4. The monoisotopic (exact) mass is 218 g/mol. The maximum Gasteiger partial charge on any atom is 0.116 e. The Kier molecular flexibility index (Phi) is 3.16. The molecular weight excluding hydrogens is 204 g/mol. The van der Waals surface area contributed by atoms with Crippen LogP contribution in [0, 0.1) is 5.53 Å². The van der Waals surface area contributed by atoms with Crippen LogP contribution in [0.4, 0.5) is 0 Å². The van der Waals surface area contributed by atoms with Crippen molar-refractivity contribution in [2.24, 2.45) is 5.11 Å². The predicted molar refractivity (Wildman–Crippen MR) is 61.7 cm³/mol. The third-order valence-electron chi connectivity index (χ3n) is 2.51. The SMILES string of the molecule is N=NCNCCc1c[nH]c2ccc(O)cc12. The van der Waals surface area contributed by atoms with Crippen LogP contribution < -0.4 is 5.32 Å². The van der Waals surface area contributed by atoms with E-state index in [1.807, 2.05) is 12.3 Å². The molecule has 4 N–H and O–H groups in total. The maximum atomic E-state index is 9.41. The number of phenolic OH excluding ortho intramolecular Hbond substituents is 1. The standard InChI is InChI=1S/C11H14N4O/c12-15-7-13-4-3-8-6-14-11-2-1-9(16)5-10(8)11/h1-2,5-6,12-14,16H,3-4,7H2. The molecule has 84 valence electrons. The molecule has 0 spiro atoms. The van der Waals surface area contributed by atoms with Crippen molar-refractivity contribution in [3.63, 3.8) is 0 Å². The van der Waals surface area contributed by atoms with Gasteiger partial charge in [0, 0.05) is 23.6 Å². The minimum atomic E-state index is 0.280. The second-order valence-corrected chi connectivity index (χ2v) is 3.61. The fourth-order valence-corrected chi connectivity index (χ4v) is 1.73. The molecule has 5 nitrogen and oxygen atoms in total. The highest BCUT2D eigenvalue weighted by molar-refractivity contribution is 5.84. The van der Waals surface area contributed by atoms with Gasteiger partial charge in [0.2, 0.25) is 0 Å². The third-order valence-corrected chi connectivity index (χ3v) is 2.51. The van der Waals surface area contributed by atoms with E-state index in [9.17, 15) is 5.11 Å². The highest BCUT2D eigenvalue weighted by Gasteiger charge is 2.03. The van der Waals surface area contributed by atoms with Crippen LogP contribution in [0.1, 0.15) is 5.56 Å². The molecule has 0 radical (unpaired) electrons. The van der Waals surface area contributed by atoms with Crippen LogP contribution in [0.2, 0.25) is 0 Å². The fourth-order valence-electron chi connectivity index (χ4n) is 1.73. The Morgan fingerprint density at radius 1 is 1.44 bits per heavy atom. The molecule has 1 aromatic carbocycles. The number of hydrogen-bond donors (Lipinski definition) is 4. The van der Waals surface area contributed by atoms with Crippen molar-refractivity contribution in [3.8, 4) is 5.75 Å². The molecule has 0 saturated carbocycles. The number of benzene rings is 1. The smallest absolute Gasteiger partial charge is 0.116 e. The van der Waals surface area contributed by atoms with Gasteiger partial charge in [-0.2, -0.15) is 5.11 Å². The van der Waals surface area contributed by atoms with Gasteiger partial charge in [-0.1, -0.05) is 0 Å². The van der Waals surface area contributed by atoms with Crippen molar-refractivity contribution in [1.82, 2.24) is 10.3 Å². The highest BCUT2D eigenvalue weighted by Crippen LogP contribution is 2.22. The summed E-state index contributed by atoms with van der Waals surface area (Å²) in [6.45, 7) is 1.12. The summed E-state index contributed by atoms with van der Waals surface area (Å²) in [5.74, 6) is 0.280. The molecule has 5 heteroatoms. The van der Waals surface area contributed by atoms with Gasteiger partial charge in [-0.3, -0.25) is 5.32 Å². The summed E-state index contributed by atoms with van der Waals surface area (Å²) < 4.78 is 0. The lowest BCUT2D eigenvalue weighted by molar-refractivity contribution is 0.476. The molecular formula is C11H14N4O. The Morgan fingerprint density at radius 2 is 2.31 bits per heavy atom. The lowest BCUT2D eigenvalue weighted by Crippen LogP contribution is -2.16. The minimum absolute atomic E-state index is 0.280. The fraction of sp³-hybridized carbons (Fsp3) is 0.273. The van der Waals surface area contributed by atoms with Gasteiger partial charge in [0.25, 0.3) is 0 Å². The molecule has 0 aliphatic carbocycles. The van der Waals surface area contributed by atoms with Gasteiger partial charge >= 0.3 is 0 Å². The molecule has 1 aromatic heterocycles. The van der Waals surface area contributed by atoms with Gasteiger partial charge in [0.1, 0.15) is 12.4 Å². The van der Waals surface area contributed by atoms with Gasteiger partial charge in [-0.05, 0) is 30.2 Å². The van der Waals surface area contributed by atoms with Gasteiger partial charge in [0.15, 0.2) is 0 Å². The van der Waals surface area contributed by atoms with E-state index in [2.05, 4.69) is 15.4 Å². The van der Waals surface area contributed by atoms with Gasteiger partial charge < -0.3 is 10.1 Å². The number of nitrogens with one attached hydrogen (secondary N) is 3. The first kappa shape index (κ1) is 10.6. The quantitative estimate of drug-likeness (QED) is 0.457. The van der Waals surface area contributed by atoms with Crippen LogP contribution in [-0.2, 0) is 6.42 Å². The molecule has 0 amide bonds. The summed E-state index contributed by atoms with van der Waals surface area (Å²) in [6, 6.07) is 5.29. The number of phenols is 1. The van der Waals surface area contributed by atoms with E-state index >= 15 is 0 Å². The molecule has 0 atom stereocenters. The summed E-state index contributed by atoms with van der Waals surface area (Å²) in [5.41, 5.74) is 8.82. The first-order valence-electron chi connectivity index (χ1n) is 5.14. The molecule has 2 aromatic rings. The Bertz CT molecular complexity index is 492. The molecule has 16 heavy (non-hydrogen) atoms. The van der Waals surface area contributed by atoms with Gasteiger partial charge in [-0.25, -0.2) is 5.53 Å². The van der Waals surface area contributed by atoms with Crippen molar-refractivity contribution < 1.29 is 5.11 Å². The maximum absolute atomic E-state index is 9.41. The first-order chi connectivity index (χ1) is 7.81. The third kappa shape index (κ3) is 2.20. The number of rotatable bonds is 5. The highest BCUT2D eigenvalue weighted by atomic mass is 16.3. The summed E-state index contributed by atoms with van der Waals surface area (Å²) in [6.07, 6.45) is 2.79. The normalized spacial score (nSPS) is 10.8. The molecule has 0 bridgehead atoms. The zero-order valence-electron chi connectivity index (χ0n) is 8.83. The largest absolute Gasteiger partial charge is 0.508 e. The van der Waals surface area contributed by atoms with Crippen molar-refractivity contribution in [3.05, 3.63) is 30.0 Å². The van der Waals surface area contributed by atoms with E-state index in [4.69, 9.17) is 5.53 Å². The van der Waals surface area contributed by atoms with Crippen LogP contribution in [0.3, 0.4) is 0 Å².